The summed E-state index contributed by atoms with van der Waals surface area (Å²) >= 11 is 0. The van der Waals surface area contributed by atoms with Gasteiger partial charge in [0.1, 0.15) is 0 Å². The van der Waals surface area contributed by atoms with E-state index in [0.717, 1.165) is 25.2 Å². The number of anilines is 1. The zero-order valence-corrected chi connectivity index (χ0v) is 12.2. The third-order valence-electron chi connectivity index (χ3n) is 3.51. The number of nitrogens with zero attached hydrogens (tertiary/aromatic N) is 1. The van der Waals surface area contributed by atoms with Crippen LogP contribution in [-0.4, -0.2) is 43.7 Å². The number of carbonyl (C=O) groups excluding carboxylic acids is 1. The first-order chi connectivity index (χ1) is 9.58. The molecule has 1 aliphatic heterocycles. The molecule has 1 aromatic carbocycles. The summed E-state index contributed by atoms with van der Waals surface area (Å²) in [7, 11) is 1.63. The summed E-state index contributed by atoms with van der Waals surface area (Å²) in [6, 6.07) is 6.07. The lowest BCUT2D eigenvalue weighted by Crippen LogP contribution is -2.44. The van der Waals surface area contributed by atoms with Gasteiger partial charge >= 0.3 is 0 Å². The standard InChI is InChI=1S/C15H23N3O2/c1-11(10-20-2)17-15(19)9-18-6-5-12-3-4-14(16)7-13(12)8-18/h3-4,7,11H,5-6,8-10,16H2,1-2H3,(H,17,19). The van der Waals surface area contributed by atoms with E-state index < -0.39 is 0 Å². The highest BCUT2D eigenvalue weighted by Crippen LogP contribution is 2.20. The van der Waals surface area contributed by atoms with Gasteiger partial charge in [0.2, 0.25) is 5.91 Å². The fourth-order valence-electron chi connectivity index (χ4n) is 2.59. The smallest absolute Gasteiger partial charge is 0.234 e. The maximum atomic E-state index is 11.9. The number of nitrogens with two attached hydrogens (primary N) is 1. The van der Waals surface area contributed by atoms with E-state index in [-0.39, 0.29) is 11.9 Å². The highest BCUT2D eigenvalue weighted by molar-refractivity contribution is 5.78. The van der Waals surface area contributed by atoms with Crippen molar-refractivity contribution in [1.29, 1.82) is 0 Å². The topological polar surface area (TPSA) is 67.6 Å². The summed E-state index contributed by atoms with van der Waals surface area (Å²) < 4.78 is 5.01. The number of rotatable bonds is 5. The molecule has 5 heteroatoms. The molecule has 0 radical (unpaired) electrons. The first kappa shape index (κ1) is 14.8. The van der Waals surface area contributed by atoms with Crippen molar-refractivity contribution in [1.82, 2.24) is 10.2 Å². The van der Waals surface area contributed by atoms with Crippen molar-refractivity contribution in [3.05, 3.63) is 29.3 Å². The zero-order chi connectivity index (χ0) is 14.5. The normalized spacial score (nSPS) is 16.5. The predicted molar refractivity (Wildman–Crippen MR) is 79.3 cm³/mol. The van der Waals surface area contributed by atoms with Gasteiger partial charge in [0, 0.05) is 31.9 Å². The van der Waals surface area contributed by atoms with Crippen LogP contribution in [0.15, 0.2) is 18.2 Å². The summed E-state index contributed by atoms with van der Waals surface area (Å²) in [6.45, 7) is 4.58. The lowest BCUT2D eigenvalue weighted by molar-refractivity contribution is -0.123. The molecule has 1 aromatic rings. The van der Waals surface area contributed by atoms with Crippen LogP contribution < -0.4 is 11.1 Å². The molecule has 0 aromatic heterocycles. The average Bonchev–Trinajstić information content (AvgIpc) is 2.38. The molecule has 3 N–H and O–H groups in total. The van der Waals surface area contributed by atoms with Gasteiger partial charge in [-0.25, -0.2) is 0 Å². The second-order valence-corrected chi connectivity index (χ2v) is 5.41. The lowest BCUT2D eigenvalue weighted by Gasteiger charge is -2.28. The van der Waals surface area contributed by atoms with Gasteiger partial charge in [-0.2, -0.15) is 0 Å². The van der Waals surface area contributed by atoms with Crippen LogP contribution in [0.3, 0.4) is 0 Å². The van der Waals surface area contributed by atoms with Crippen molar-refractivity contribution in [2.24, 2.45) is 0 Å². The summed E-state index contributed by atoms with van der Waals surface area (Å²) in [4.78, 5) is 14.1. The van der Waals surface area contributed by atoms with E-state index in [2.05, 4.69) is 16.3 Å². The summed E-state index contributed by atoms with van der Waals surface area (Å²) in [5, 5.41) is 2.93. The van der Waals surface area contributed by atoms with Crippen molar-refractivity contribution < 1.29 is 9.53 Å². The molecular formula is C15H23N3O2. The van der Waals surface area contributed by atoms with Gasteiger partial charge in [0.15, 0.2) is 0 Å². The fourth-order valence-corrected chi connectivity index (χ4v) is 2.59. The lowest BCUT2D eigenvalue weighted by atomic mass is 9.99. The molecule has 1 heterocycles. The Morgan fingerprint density at radius 2 is 2.30 bits per heavy atom. The van der Waals surface area contributed by atoms with Gasteiger partial charge in [-0.3, -0.25) is 9.69 Å². The van der Waals surface area contributed by atoms with E-state index in [1.807, 2.05) is 19.1 Å². The Balaban J connectivity index is 1.88. The SMILES string of the molecule is COCC(C)NC(=O)CN1CCc2ccc(N)cc2C1. The van der Waals surface area contributed by atoms with Gasteiger partial charge < -0.3 is 15.8 Å². The largest absolute Gasteiger partial charge is 0.399 e. The van der Waals surface area contributed by atoms with Crippen LogP contribution in [-0.2, 0) is 22.5 Å². The van der Waals surface area contributed by atoms with Crippen LogP contribution in [0.25, 0.3) is 0 Å². The molecule has 20 heavy (non-hydrogen) atoms. The van der Waals surface area contributed by atoms with Crippen molar-refractivity contribution >= 4 is 11.6 Å². The minimum absolute atomic E-state index is 0.0419. The average molecular weight is 277 g/mol. The highest BCUT2D eigenvalue weighted by Gasteiger charge is 2.19. The molecule has 110 valence electrons. The Bertz CT molecular complexity index is 476. The van der Waals surface area contributed by atoms with Crippen LogP contribution in [0.5, 0.6) is 0 Å². The number of nitrogen functional groups attached to an aromatic ring is 1. The summed E-state index contributed by atoms with van der Waals surface area (Å²) in [6.07, 6.45) is 0.969. The van der Waals surface area contributed by atoms with E-state index >= 15 is 0 Å². The number of methoxy groups -OCH3 is 1. The molecule has 0 saturated heterocycles. The second kappa shape index (κ2) is 6.72. The summed E-state index contributed by atoms with van der Waals surface area (Å²) in [5.41, 5.74) is 9.16. The molecular weight excluding hydrogens is 254 g/mol. The van der Waals surface area contributed by atoms with Crippen molar-refractivity contribution in [3.63, 3.8) is 0 Å². The van der Waals surface area contributed by atoms with E-state index in [1.54, 1.807) is 7.11 Å². The Morgan fingerprint density at radius 3 is 3.05 bits per heavy atom. The van der Waals surface area contributed by atoms with Crippen LogP contribution in [0.4, 0.5) is 5.69 Å². The van der Waals surface area contributed by atoms with Crippen molar-refractivity contribution in [2.75, 3.05) is 32.5 Å². The molecule has 0 aliphatic carbocycles. The number of ether oxygens (including phenoxy) is 1. The predicted octanol–water partition coefficient (Wildman–Crippen LogP) is 0.778. The molecule has 0 spiro atoms. The van der Waals surface area contributed by atoms with Crippen molar-refractivity contribution in [3.8, 4) is 0 Å². The minimum Gasteiger partial charge on any atom is -0.399 e. The van der Waals surface area contributed by atoms with Gasteiger partial charge in [-0.15, -0.1) is 0 Å². The van der Waals surface area contributed by atoms with Crippen LogP contribution >= 0.6 is 0 Å². The van der Waals surface area contributed by atoms with Crippen LogP contribution in [0.2, 0.25) is 0 Å². The van der Waals surface area contributed by atoms with E-state index in [1.165, 1.54) is 11.1 Å². The number of benzene rings is 1. The first-order valence-electron chi connectivity index (χ1n) is 6.96. The number of hydrogen-bond acceptors (Lipinski definition) is 4. The second-order valence-electron chi connectivity index (χ2n) is 5.41. The number of carbonyl (C=O) groups is 1. The minimum atomic E-state index is 0.0419. The Hall–Kier alpha value is -1.59. The molecule has 0 saturated carbocycles. The number of amides is 1. The maximum absolute atomic E-state index is 11.9. The molecule has 0 fully saturated rings. The Kier molecular flexibility index (Phi) is 4.98. The van der Waals surface area contributed by atoms with Gasteiger partial charge in [-0.1, -0.05) is 6.07 Å². The van der Waals surface area contributed by atoms with Gasteiger partial charge in [0.05, 0.1) is 13.2 Å². The van der Waals surface area contributed by atoms with Gasteiger partial charge in [0.25, 0.3) is 0 Å². The number of fused-ring (bicyclic) bond motifs is 1. The summed E-state index contributed by atoms with van der Waals surface area (Å²) in [5.74, 6) is 0.0434. The molecule has 2 rings (SSSR count). The molecule has 1 aliphatic rings. The number of nitrogens with one attached hydrogen (secondary N) is 1. The quantitative estimate of drug-likeness (QED) is 0.780. The van der Waals surface area contributed by atoms with E-state index in [0.29, 0.717) is 13.2 Å². The van der Waals surface area contributed by atoms with Crippen LogP contribution in [0.1, 0.15) is 18.1 Å². The fraction of sp³-hybridized carbons (Fsp3) is 0.533. The Labute approximate surface area is 120 Å². The number of hydrogen-bond donors (Lipinski definition) is 2. The first-order valence-corrected chi connectivity index (χ1v) is 6.96. The molecule has 0 bridgehead atoms. The monoisotopic (exact) mass is 277 g/mol. The maximum Gasteiger partial charge on any atom is 0.234 e. The molecule has 1 unspecified atom stereocenters. The molecule has 1 atom stereocenters. The van der Waals surface area contributed by atoms with Crippen molar-refractivity contribution in [2.45, 2.75) is 25.9 Å². The third kappa shape index (κ3) is 3.95. The van der Waals surface area contributed by atoms with E-state index in [9.17, 15) is 4.79 Å². The van der Waals surface area contributed by atoms with Gasteiger partial charge in [-0.05, 0) is 36.6 Å². The van der Waals surface area contributed by atoms with Crippen LogP contribution in [0, 0.1) is 0 Å². The molecule has 5 nitrogen and oxygen atoms in total. The highest BCUT2D eigenvalue weighted by atomic mass is 16.5. The van der Waals surface area contributed by atoms with E-state index in [4.69, 9.17) is 10.5 Å². The molecule has 1 amide bonds. The Morgan fingerprint density at radius 1 is 1.50 bits per heavy atom. The zero-order valence-electron chi connectivity index (χ0n) is 12.2. The third-order valence-corrected chi connectivity index (χ3v) is 3.51.